The largest absolute Gasteiger partial charge is 0.304 e. The molecule has 0 aromatic rings. The molecule has 0 bridgehead atoms. The Morgan fingerprint density at radius 1 is 0.895 bits per heavy atom. The summed E-state index contributed by atoms with van der Waals surface area (Å²) in [6, 6.07) is 0. The van der Waals surface area contributed by atoms with Crippen LogP contribution >= 0.6 is 0 Å². The molecule has 0 unspecified atom stereocenters. The van der Waals surface area contributed by atoms with Crippen molar-refractivity contribution in [2.45, 2.75) is 33.1 Å². The van der Waals surface area contributed by atoms with Gasteiger partial charge in [-0.15, -0.1) is 0 Å². The van der Waals surface area contributed by atoms with Gasteiger partial charge in [0.25, 0.3) is 0 Å². The van der Waals surface area contributed by atoms with Crippen LogP contribution in [0.2, 0.25) is 0 Å². The van der Waals surface area contributed by atoms with Gasteiger partial charge in [0.1, 0.15) is 0 Å². The highest BCUT2D eigenvalue weighted by Crippen LogP contribution is 2.26. The highest BCUT2D eigenvalue weighted by Gasteiger charge is 2.23. The molecule has 0 aromatic heterocycles. The molecule has 2 aliphatic heterocycles. The van der Waals surface area contributed by atoms with Crippen LogP contribution in [0.15, 0.2) is 0 Å². The van der Waals surface area contributed by atoms with Gasteiger partial charge in [-0.3, -0.25) is 4.90 Å². The third-order valence-electron chi connectivity index (χ3n) is 5.41. The Morgan fingerprint density at radius 2 is 1.42 bits per heavy atom. The van der Waals surface area contributed by atoms with Gasteiger partial charge >= 0.3 is 0 Å². The van der Waals surface area contributed by atoms with Crippen LogP contribution in [0.3, 0.4) is 0 Å². The quantitative estimate of drug-likeness (QED) is 0.754. The molecule has 0 radical (unpaired) electrons. The molecular weight excluding hydrogens is 234 g/mol. The maximum absolute atomic E-state index is 2.69. The molecule has 0 aliphatic carbocycles. The number of rotatable bonds is 5. The monoisotopic (exact) mass is 267 g/mol. The molecule has 0 spiro atoms. The normalized spacial score (nSPS) is 26.7. The molecule has 2 saturated heterocycles. The first-order valence-corrected chi connectivity index (χ1v) is 8.32. The van der Waals surface area contributed by atoms with Crippen molar-refractivity contribution in [3.63, 3.8) is 0 Å². The lowest BCUT2D eigenvalue weighted by Crippen LogP contribution is -2.47. The molecule has 19 heavy (non-hydrogen) atoms. The summed E-state index contributed by atoms with van der Waals surface area (Å²) in [5, 5.41) is 0. The maximum atomic E-state index is 2.69. The maximum Gasteiger partial charge on any atom is 0.0110 e. The summed E-state index contributed by atoms with van der Waals surface area (Å²) in [6.07, 6.45) is 4.21. The first kappa shape index (κ1) is 15.3. The lowest BCUT2D eigenvalue weighted by atomic mass is 9.84. The lowest BCUT2D eigenvalue weighted by molar-refractivity contribution is 0.110. The Kier molecular flexibility index (Phi) is 6.11. The van der Waals surface area contributed by atoms with E-state index in [2.05, 4.69) is 35.6 Å². The van der Waals surface area contributed by atoms with Gasteiger partial charge in [0.05, 0.1) is 0 Å². The highest BCUT2D eigenvalue weighted by molar-refractivity contribution is 4.77. The number of hydrogen-bond acceptors (Lipinski definition) is 3. The van der Waals surface area contributed by atoms with Crippen molar-refractivity contribution in [3.8, 4) is 0 Å². The third-order valence-corrected chi connectivity index (χ3v) is 5.41. The zero-order valence-corrected chi connectivity index (χ0v) is 13.3. The smallest absolute Gasteiger partial charge is 0.0110 e. The van der Waals surface area contributed by atoms with Gasteiger partial charge in [0, 0.05) is 39.3 Å². The number of piperazine rings is 1. The first-order chi connectivity index (χ1) is 9.19. The molecule has 2 rings (SSSR count). The molecule has 2 heterocycles. The van der Waals surface area contributed by atoms with Crippen molar-refractivity contribution in [2.75, 3.05) is 59.4 Å². The minimum atomic E-state index is 0.930. The number of nitrogens with zero attached hydrogens (tertiary/aromatic N) is 3. The molecule has 3 heteroatoms. The van der Waals surface area contributed by atoms with Gasteiger partial charge in [-0.1, -0.05) is 20.3 Å². The fourth-order valence-electron chi connectivity index (χ4n) is 3.43. The van der Waals surface area contributed by atoms with E-state index in [1.807, 2.05) is 0 Å². The Balaban J connectivity index is 1.60. The van der Waals surface area contributed by atoms with Crippen LogP contribution in [0.1, 0.15) is 33.1 Å². The number of hydrogen-bond donors (Lipinski definition) is 0. The van der Waals surface area contributed by atoms with Gasteiger partial charge in [-0.25, -0.2) is 0 Å². The van der Waals surface area contributed by atoms with E-state index in [1.165, 1.54) is 71.6 Å². The van der Waals surface area contributed by atoms with Crippen LogP contribution in [-0.2, 0) is 0 Å². The van der Waals surface area contributed by atoms with E-state index in [-0.39, 0.29) is 0 Å². The first-order valence-electron chi connectivity index (χ1n) is 8.32. The van der Waals surface area contributed by atoms with E-state index in [0.717, 1.165) is 11.8 Å². The summed E-state index contributed by atoms with van der Waals surface area (Å²) in [5.74, 6) is 1.92. The van der Waals surface area contributed by atoms with Gasteiger partial charge in [0.2, 0.25) is 0 Å². The second-order valence-corrected chi connectivity index (χ2v) is 6.71. The molecule has 0 saturated carbocycles. The number of likely N-dealkylation sites (N-methyl/N-ethyl adjacent to an activating group) is 1. The fourth-order valence-corrected chi connectivity index (χ4v) is 3.43. The van der Waals surface area contributed by atoms with Crippen molar-refractivity contribution in [1.82, 2.24) is 14.7 Å². The number of likely N-dealkylation sites (tertiary alicyclic amines) is 1. The van der Waals surface area contributed by atoms with Crippen LogP contribution in [0, 0.1) is 11.8 Å². The van der Waals surface area contributed by atoms with E-state index >= 15 is 0 Å². The summed E-state index contributed by atoms with van der Waals surface area (Å²) in [5.41, 5.74) is 0. The predicted molar refractivity (Wildman–Crippen MR) is 82.6 cm³/mol. The Hall–Kier alpha value is -0.120. The predicted octanol–water partition coefficient (Wildman–Crippen LogP) is 1.99. The third kappa shape index (κ3) is 4.73. The van der Waals surface area contributed by atoms with Crippen molar-refractivity contribution < 1.29 is 0 Å². The van der Waals surface area contributed by atoms with Gasteiger partial charge in [-0.2, -0.15) is 0 Å². The van der Waals surface area contributed by atoms with Crippen LogP contribution in [0.4, 0.5) is 0 Å². The van der Waals surface area contributed by atoms with Crippen molar-refractivity contribution in [2.24, 2.45) is 11.8 Å². The summed E-state index contributed by atoms with van der Waals surface area (Å²) >= 11 is 0. The molecular formula is C16H33N3. The lowest BCUT2D eigenvalue weighted by Gasteiger charge is -2.37. The molecule has 2 aliphatic rings. The average molecular weight is 267 g/mol. The summed E-state index contributed by atoms with van der Waals surface area (Å²) in [7, 11) is 2.23. The Morgan fingerprint density at radius 3 is 1.95 bits per heavy atom. The highest BCUT2D eigenvalue weighted by atomic mass is 15.3. The van der Waals surface area contributed by atoms with E-state index in [1.54, 1.807) is 0 Å². The second-order valence-electron chi connectivity index (χ2n) is 6.71. The van der Waals surface area contributed by atoms with Crippen LogP contribution in [-0.4, -0.2) is 74.1 Å². The number of piperidine rings is 1. The van der Waals surface area contributed by atoms with Gasteiger partial charge < -0.3 is 9.80 Å². The molecule has 0 aromatic carbocycles. The SMILES string of the molecule is CC[C@@H](C)C1CCN(CCN2CCN(C)CC2)CC1. The van der Waals surface area contributed by atoms with E-state index in [0.29, 0.717) is 0 Å². The van der Waals surface area contributed by atoms with E-state index < -0.39 is 0 Å². The van der Waals surface area contributed by atoms with Crippen LogP contribution in [0.25, 0.3) is 0 Å². The zero-order valence-electron chi connectivity index (χ0n) is 13.3. The van der Waals surface area contributed by atoms with Crippen molar-refractivity contribution in [3.05, 3.63) is 0 Å². The molecule has 1 atom stereocenters. The van der Waals surface area contributed by atoms with Crippen LogP contribution < -0.4 is 0 Å². The molecule has 112 valence electrons. The standard InChI is InChI=1S/C16H33N3/c1-4-15(2)16-5-7-18(8-6-16)13-14-19-11-9-17(3)10-12-19/h15-16H,4-14H2,1-3H3/t15-/m1/s1. The summed E-state index contributed by atoms with van der Waals surface area (Å²) in [6.45, 7) is 15.0. The zero-order chi connectivity index (χ0) is 13.7. The van der Waals surface area contributed by atoms with Gasteiger partial charge in [-0.05, 0) is 44.8 Å². The van der Waals surface area contributed by atoms with Crippen molar-refractivity contribution in [1.29, 1.82) is 0 Å². The second kappa shape index (κ2) is 7.61. The minimum absolute atomic E-state index is 0.930. The average Bonchev–Trinajstić information content (AvgIpc) is 2.46. The van der Waals surface area contributed by atoms with Crippen molar-refractivity contribution >= 4 is 0 Å². The Bertz CT molecular complexity index is 240. The van der Waals surface area contributed by atoms with Crippen LogP contribution in [0.5, 0.6) is 0 Å². The summed E-state index contributed by atoms with van der Waals surface area (Å²) < 4.78 is 0. The topological polar surface area (TPSA) is 9.72 Å². The molecule has 0 amide bonds. The minimum Gasteiger partial charge on any atom is -0.304 e. The van der Waals surface area contributed by atoms with E-state index in [9.17, 15) is 0 Å². The molecule has 2 fully saturated rings. The molecule has 0 N–H and O–H groups in total. The van der Waals surface area contributed by atoms with E-state index in [4.69, 9.17) is 0 Å². The summed E-state index contributed by atoms with van der Waals surface area (Å²) in [4.78, 5) is 7.77. The molecule has 3 nitrogen and oxygen atoms in total. The fraction of sp³-hybridized carbons (Fsp3) is 1.00. The Labute approximate surface area is 119 Å². The van der Waals surface area contributed by atoms with Gasteiger partial charge in [0.15, 0.2) is 0 Å².